The maximum Gasteiger partial charge on any atom is 0.277 e. The third-order valence-electron chi connectivity index (χ3n) is 4.34. The van der Waals surface area contributed by atoms with Gasteiger partial charge in [0.25, 0.3) is 5.91 Å². The van der Waals surface area contributed by atoms with Crippen molar-refractivity contribution in [2.24, 2.45) is 5.10 Å². The molecule has 0 spiro atoms. The van der Waals surface area contributed by atoms with Gasteiger partial charge in [-0.25, -0.2) is 5.43 Å². The molecule has 28 heavy (non-hydrogen) atoms. The molecule has 0 heterocycles. The lowest BCUT2D eigenvalue weighted by Gasteiger charge is -2.08. The number of hydrogen-bond donors (Lipinski definition) is 1. The van der Waals surface area contributed by atoms with Gasteiger partial charge in [0.15, 0.2) is 6.61 Å². The summed E-state index contributed by atoms with van der Waals surface area (Å²) in [4.78, 5) is 12.0. The third-order valence-corrected chi connectivity index (χ3v) is 4.34. The number of amides is 1. The molecule has 0 aliphatic rings. The molecule has 0 aliphatic heterocycles. The number of hydrazone groups is 1. The molecule has 0 saturated heterocycles. The first-order valence-electron chi connectivity index (χ1n) is 9.36. The van der Waals surface area contributed by atoms with E-state index in [0.29, 0.717) is 12.2 Å². The smallest absolute Gasteiger partial charge is 0.277 e. The number of ether oxygens (including phenoxy) is 1. The Bertz CT molecular complexity index is 948. The van der Waals surface area contributed by atoms with Gasteiger partial charge in [-0.05, 0) is 47.7 Å². The van der Waals surface area contributed by atoms with Crippen molar-refractivity contribution in [1.29, 1.82) is 0 Å². The maximum absolute atomic E-state index is 12.0. The van der Waals surface area contributed by atoms with Crippen LogP contribution in [0.4, 0.5) is 0 Å². The lowest BCUT2D eigenvalue weighted by Crippen LogP contribution is -2.26. The predicted molar refractivity (Wildman–Crippen MR) is 114 cm³/mol. The van der Waals surface area contributed by atoms with E-state index in [4.69, 9.17) is 4.74 Å². The van der Waals surface area contributed by atoms with E-state index in [1.807, 2.05) is 68.4 Å². The van der Waals surface area contributed by atoms with Crippen molar-refractivity contribution in [2.45, 2.75) is 20.3 Å². The van der Waals surface area contributed by atoms with E-state index in [9.17, 15) is 4.79 Å². The first kappa shape index (κ1) is 19.4. The van der Waals surface area contributed by atoms with Gasteiger partial charge in [-0.3, -0.25) is 4.79 Å². The minimum absolute atomic E-state index is 0.0725. The topological polar surface area (TPSA) is 50.7 Å². The van der Waals surface area contributed by atoms with Crippen LogP contribution in [0.5, 0.6) is 5.75 Å². The Balaban J connectivity index is 1.60. The van der Waals surface area contributed by atoms with Gasteiger partial charge in [0.2, 0.25) is 0 Å². The zero-order valence-electron chi connectivity index (χ0n) is 16.2. The number of carbonyl (C=O) groups is 1. The quantitative estimate of drug-likeness (QED) is 0.470. The minimum atomic E-state index is -0.284. The molecule has 0 radical (unpaired) electrons. The van der Waals surface area contributed by atoms with Crippen LogP contribution >= 0.6 is 0 Å². The summed E-state index contributed by atoms with van der Waals surface area (Å²) in [5, 5.41) is 4.28. The molecular formula is C24H24N2O2. The van der Waals surface area contributed by atoms with E-state index in [1.165, 1.54) is 5.56 Å². The Morgan fingerprint density at radius 1 is 0.929 bits per heavy atom. The number of benzene rings is 3. The SMILES string of the molecule is CCC(=NNC(=O)COc1cccc(C)c1)c1ccc(-c2ccccc2)cc1. The molecule has 4 nitrogen and oxygen atoms in total. The Labute approximate surface area is 165 Å². The van der Waals surface area contributed by atoms with E-state index >= 15 is 0 Å². The fourth-order valence-electron chi connectivity index (χ4n) is 2.85. The monoisotopic (exact) mass is 372 g/mol. The molecule has 4 heteroatoms. The van der Waals surface area contributed by atoms with E-state index in [2.05, 4.69) is 34.8 Å². The van der Waals surface area contributed by atoms with Gasteiger partial charge in [-0.15, -0.1) is 0 Å². The average molecular weight is 372 g/mol. The largest absolute Gasteiger partial charge is 0.484 e. The summed E-state index contributed by atoms with van der Waals surface area (Å²) in [7, 11) is 0. The summed E-state index contributed by atoms with van der Waals surface area (Å²) in [5.74, 6) is 0.389. The summed E-state index contributed by atoms with van der Waals surface area (Å²) >= 11 is 0. The maximum atomic E-state index is 12.0. The molecule has 0 aromatic heterocycles. The van der Waals surface area contributed by atoms with Gasteiger partial charge < -0.3 is 4.74 Å². The van der Waals surface area contributed by atoms with Crippen molar-refractivity contribution < 1.29 is 9.53 Å². The van der Waals surface area contributed by atoms with Crippen molar-refractivity contribution in [2.75, 3.05) is 6.61 Å². The van der Waals surface area contributed by atoms with Crippen LogP contribution in [0.15, 0.2) is 84.0 Å². The molecule has 0 bridgehead atoms. The van der Waals surface area contributed by atoms with Crippen LogP contribution in [-0.2, 0) is 4.79 Å². The van der Waals surface area contributed by atoms with E-state index in [-0.39, 0.29) is 12.5 Å². The first-order chi connectivity index (χ1) is 13.7. The fraction of sp³-hybridized carbons (Fsp3) is 0.167. The van der Waals surface area contributed by atoms with Crippen LogP contribution in [0.25, 0.3) is 11.1 Å². The molecule has 1 N–H and O–H groups in total. The predicted octanol–water partition coefficient (Wildman–Crippen LogP) is 4.97. The molecule has 3 rings (SSSR count). The molecule has 142 valence electrons. The van der Waals surface area contributed by atoms with Crippen LogP contribution in [0.2, 0.25) is 0 Å². The highest BCUT2D eigenvalue weighted by Crippen LogP contribution is 2.20. The number of nitrogens with one attached hydrogen (secondary N) is 1. The number of nitrogens with zero attached hydrogens (tertiary/aromatic N) is 1. The van der Waals surface area contributed by atoms with Crippen LogP contribution < -0.4 is 10.2 Å². The van der Waals surface area contributed by atoms with Gasteiger partial charge in [0.05, 0.1) is 5.71 Å². The van der Waals surface area contributed by atoms with Crippen LogP contribution in [0, 0.1) is 6.92 Å². The average Bonchev–Trinajstić information content (AvgIpc) is 2.74. The summed E-state index contributed by atoms with van der Waals surface area (Å²) in [5.41, 5.74) is 7.80. The second-order valence-electron chi connectivity index (χ2n) is 6.50. The molecule has 0 fully saturated rings. The zero-order chi connectivity index (χ0) is 19.8. The van der Waals surface area contributed by atoms with E-state index in [0.717, 1.165) is 22.4 Å². The first-order valence-corrected chi connectivity index (χ1v) is 9.36. The number of aryl methyl sites for hydroxylation is 1. The standard InChI is InChI=1S/C24H24N2O2/c1-3-23(21-14-12-20(13-15-21)19-9-5-4-6-10-19)25-26-24(27)17-28-22-11-7-8-18(2)16-22/h4-16H,3,17H2,1-2H3,(H,26,27). The number of rotatable bonds is 7. The van der Waals surface area contributed by atoms with Crippen molar-refractivity contribution in [3.63, 3.8) is 0 Å². The van der Waals surface area contributed by atoms with E-state index < -0.39 is 0 Å². The third kappa shape index (κ3) is 5.30. The highest BCUT2D eigenvalue weighted by molar-refractivity contribution is 6.01. The molecular weight excluding hydrogens is 348 g/mol. The summed E-state index contributed by atoms with van der Waals surface area (Å²) in [6, 6.07) is 26.0. The summed E-state index contributed by atoms with van der Waals surface area (Å²) in [6.07, 6.45) is 0.712. The number of carbonyl (C=O) groups excluding carboxylic acids is 1. The zero-order valence-corrected chi connectivity index (χ0v) is 16.2. The van der Waals surface area contributed by atoms with Gasteiger partial charge in [-0.2, -0.15) is 5.10 Å². The van der Waals surface area contributed by atoms with Gasteiger partial charge >= 0.3 is 0 Å². The molecule has 1 amide bonds. The highest BCUT2D eigenvalue weighted by atomic mass is 16.5. The Hall–Kier alpha value is -3.40. The second kappa shape index (κ2) is 9.51. The van der Waals surface area contributed by atoms with Crippen LogP contribution in [0.3, 0.4) is 0 Å². The summed E-state index contributed by atoms with van der Waals surface area (Å²) < 4.78 is 5.50. The van der Waals surface area contributed by atoms with Crippen LogP contribution in [0.1, 0.15) is 24.5 Å². The lowest BCUT2D eigenvalue weighted by atomic mass is 10.0. The summed E-state index contributed by atoms with van der Waals surface area (Å²) in [6.45, 7) is 3.92. The van der Waals surface area contributed by atoms with Crippen LogP contribution in [-0.4, -0.2) is 18.2 Å². The second-order valence-corrected chi connectivity index (χ2v) is 6.50. The molecule has 0 aliphatic carbocycles. The molecule has 3 aromatic carbocycles. The lowest BCUT2D eigenvalue weighted by molar-refractivity contribution is -0.123. The Kier molecular flexibility index (Phi) is 6.58. The molecule has 0 atom stereocenters. The Morgan fingerprint density at radius 2 is 1.64 bits per heavy atom. The Morgan fingerprint density at radius 3 is 2.32 bits per heavy atom. The van der Waals surface area contributed by atoms with Crippen molar-refractivity contribution >= 4 is 11.6 Å². The molecule has 3 aromatic rings. The van der Waals surface area contributed by atoms with Crippen molar-refractivity contribution in [3.8, 4) is 16.9 Å². The van der Waals surface area contributed by atoms with Gasteiger partial charge in [-0.1, -0.05) is 73.7 Å². The van der Waals surface area contributed by atoms with Crippen molar-refractivity contribution in [3.05, 3.63) is 90.0 Å². The van der Waals surface area contributed by atoms with Gasteiger partial charge in [0.1, 0.15) is 5.75 Å². The van der Waals surface area contributed by atoms with Crippen molar-refractivity contribution in [1.82, 2.24) is 5.43 Å². The number of hydrogen-bond acceptors (Lipinski definition) is 3. The highest BCUT2D eigenvalue weighted by Gasteiger charge is 2.06. The van der Waals surface area contributed by atoms with Gasteiger partial charge in [0, 0.05) is 0 Å². The normalized spacial score (nSPS) is 11.1. The minimum Gasteiger partial charge on any atom is -0.484 e. The fourth-order valence-corrected chi connectivity index (χ4v) is 2.85. The molecule has 0 unspecified atom stereocenters. The molecule has 0 saturated carbocycles. The van der Waals surface area contributed by atoms with E-state index in [1.54, 1.807) is 0 Å².